The Morgan fingerprint density at radius 3 is 2.53 bits per heavy atom. The molecule has 0 saturated heterocycles. The monoisotopic (exact) mass is 250 g/mol. The summed E-state index contributed by atoms with van der Waals surface area (Å²) in [5.74, 6) is 0. The van der Waals surface area contributed by atoms with Gasteiger partial charge in [0.1, 0.15) is 0 Å². The van der Waals surface area contributed by atoms with Gasteiger partial charge in [0, 0.05) is 28.6 Å². The Kier molecular flexibility index (Phi) is 5.33. The van der Waals surface area contributed by atoms with Crippen LogP contribution in [0.15, 0.2) is 29.4 Å². The minimum absolute atomic E-state index is 0.661. The summed E-state index contributed by atoms with van der Waals surface area (Å²) in [7, 11) is 2.10. The molecule has 0 bridgehead atoms. The van der Waals surface area contributed by atoms with E-state index in [9.17, 15) is 0 Å². The van der Waals surface area contributed by atoms with E-state index in [1.54, 1.807) is 0 Å². The van der Waals surface area contributed by atoms with Gasteiger partial charge in [-0.15, -0.1) is 11.8 Å². The summed E-state index contributed by atoms with van der Waals surface area (Å²) in [6.07, 6.45) is 12.0. The second kappa shape index (κ2) is 7.02. The van der Waals surface area contributed by atoms with E-state index in [-0.39, 0.29) is 0 Å². The van der Waals surface area contributed by atoms with Crippen LogP contribution in [0, 0.1) is 0 Å². The Labute approximate surface area is 109 Å². The van der Waals surface area contributed by atoms with Gasteiger partial charge in [-0.05, 0) is 32.0 Å². The third-order valence-corrected chi connectivity index (χ3v) is 4.92. The number of aromatic nitrogens is 1. The largest absolute Gasteiger partial charge is 0.316 e. The maximum absolute atomic E-state index is 4.08. The Balaban J connectivity index is 1.99. The van der Waals surface area contributed by atoms with Crippen LogP contribution < -0.4 is 5.32 Å². The molecule has 1 aliphatic carbocycles. The van der Waals surface area contributed by atoms with Gasteiger partial charge >= 0.3 is 0 Å². The van der Waals surface area contributed by atoms with Crippen molar-refractivity contribution in [2.45, 2.75) is 54.7 Å². The minimum Gasteiger partial charge on any atom is -0.316 e. The molecule has 94 valence electrons. The van der Waals surface area contributed by atoms with Crippen molar-refractivity contribution in [3.63, 3.8) is 0 Å². The summed E-state index contributed by atoms with van der Waals surface area (Å²) < 4.78 is 0. The standard InChI is InChI=1S/C14H22N2S/c1-15-13-6-4-2-3-5-7-14(13)17-12-8-10-16-11-9-12/h8-11,13-15H,2-7H2,1H3. The van der Waals surface area contributed by atoms with Crippen LogP contribution in [0.5, 0.6) is 0 Å². The molecule has 0 amide bonds. The van der Waals surface area contributed by atoms with Gasteiger partial charge in [-0.1, -0.05) is 25.7 Å². The third-order valence-electron chi connectivity index (χ3n) is 3.51. The quantitative estimate of drug-likeness (QED) is 0.889. The lowest BCUT2D eigenvalue weighted by Gasteiger charge is -2.28. The van der Waals surface area contributed by atoms with E-state index in [0.717, 1.165) is 0 Å². The zero-order valence-corrected chi connectivity index (χ0v) is 11.4. The number of nitrogens with zero attached hydrogens (tertiary/aromatic N) is 1. The lowest BCUT2D eigenvalue weighted by Crippen LogP contribution is -2.36. The lowest BCUT2D eigenvalue weighted by molar-refractivity contribution is 0.420. The first-order valence-electron chi connectivity index (χ1n) is 6.64. The van der Waals surface area contributed by atoms with Gasteiger partial charge in [-0.2, -0.15) is 0 Å². The smallest absolute Gasteiger partial charge is 0.0278 e. The van der Waals surface area contributed by atoms with E-state index in [4.69, 9.17) is 0 Å². The summed E-state index contributed by atoms with van der Waals surface area (Å²) in [5, 5.41) is 4.22. The SMILES string of the molecule is CNC1CCCCCCC1Sc1ccncc1. The molecular formula is C14H22N2S. The summed E-state index contributed by atoms with van der Waals surface area (Å²) in [4.78, 5) is 5.43. The summed E-state index contributed by atoms with van der Waals surface area (Å²) in [6, 6.07) is 4.90. The molecule has 0 radical (unpaired) electrons. The average molecular weight is 250 g/mol. The number of hydrogen-bond acceptors (Lipinski definition) is 3. The zero-order valence-electron chi connectivity index (χ0n) is 10.6. The van der Waals surface area contributed by atoms with Crippen molar-refractivity contribution < 1.29 is 0 Å². The Bertz CT molecular complexity index is 315. The lowest BCUT2D eigenvalue weighted by atomic mass is 9.96. The van der Waals surface area contributed by atoms with Gasteiger partial charge in [0.15, 0.2) is 0 Å². The molecule has 2 unspecified atom stereocenters. The van der Waals surface area contributed by atoms with Crippen molar-refractivity contribution in [2.75, 3.05) is 7.05 Å². The van der Waals surface area contributed by atoms with Gasteiger partial charge in [-0.25, -0.2) is 0 Å². The highest BCUT2D eigenvalue weighted by Gasteiger charge is 2.22. The first kappa shape index (κ1) is 12.9. The molecule has 1 N–H and O–H groups in total. The summed E-state index contributed by atoms with van der Waals surface area (Å²) in [6.45, 7) is 0. The van der Waals surface area contributed by atoms with Crippen molar-refractivity contribution in [1.29, 1.82) is 0 Å². The van der Waals surface area contributed by atoms with Crippen LogP contribution in [-0.2, 0) is 0 Å². The minimum atomic E-state index is 0.661. The molecule has 0 aliphatic heterocycles. The van der Waals surface area contributed by atoms with E-state index < -0.39 is 0 Å². The number of hydrogen-bond donors (Lipinski definition) is 1. The van der Waals surface area contributed by atoms with E-state index in [1.807, 2.05) is 24.2 Å². The third kappa shape index (κ3) is 4.00. The molecule has 1 fully saturated rings. The zero-order chi connectivity index (χ0) is 11.9. The molecule has 1 aliphatic rings. The van der Waals surface area contributed by atoms with Gasteiger partial charge < -0.3 is 5.32 Å². The second-order valence-corrected chi connectivity index (χ2v) is 6.04. The molecule has 0 spiro atoms. The van der Waals surface area contributed by atoms with Crippen molar-refractivity contribution in [1.82, 2.24) is 10.3 Å². The fourth-order valence-corrected chi connectivity index (χ4v) is 3.86. The topological polar surface area (TPSA) is 24.9 Å². The molecule has 0 aromatic carbocycles. The fourth-order valence-electron chi connectivity index (χ4n) is 2.51. The van der Waals surface area contributed by atoms with Crippen molar-refractivity contribution in [2.24, 2.45) is 0 Å². The van der Waals surface area contributed by atoms with Crippen LogP contribution in [0.4, 0.5) is 0 Å². The van der Waals surface area contributed by atoms with Gasteiger partial charge in [0.25, 0.3) is 0 Å². The van der Waals surface area contributed by atoms with Crippen LogP contribution in [0.1, 0.15) is 38.5 Å². The Morgan fingerprint density at radius 1 is 1.12 bits per heavy atom. The van der Waals surface area contributed by atoms with Gasteiger partial charge in [0.05, 0.1) is 0 Å². The van der Waals surface area contributed by atoms with Gasteiger partial charge in [-0.3, -0.25) is 4.98 Å². The maximum atomic E-state index is 4.08. The van der Waals surface area contributed by atoms with E-state index >= 15 is 0 Å². The highest BCUT2D eigenvalue weighted by Crippen LogP contribution is 2.32. The van der Waals surface area contributed by atoms with Crippen LogP contribution in [-0.4, -0.2) is 23.3 Å². The molecular weight excluding hydrogens is 228 g/mol. The predicted octanol–water partition coefficient (Wildman–Crippen LogP) is 3.48. The van der Waals surface area contributed by atoms with Crippen molar-refractivity contribution in [3.8, 4) is 0 Å². The highest BCUT2D eigenvalue weighted by atomic mass is 32.2. The van der Waals surface area contributed by atoms with Crippen LogP contribution in [0.2, 0.25) is 0 Å². The molecule has 1 aromatic heterocycles. The number of nitrogens with one attached hydrogen (secondary N) is 1. The normalized spacial score (nSPS) is 26.2. The molecule has 3 heteroatoms. The first-order chi connectivity index (χ1) is 8.40. The molecule has 2 nitrogen and oxygen atoms in total. The van der Waals surface area contributed by atoms with Crippen LogP contribution >= 0.6 is 11.8 Å². The predicted molar refractivity (Wildman–Crippen MR) is 74.4 cm³/mol. The summed E-state index contributed by atoms with van der Waals surface area (Å²) in [5.41, 5.74) is 0. The van der Waals surface area contributed by atoms with E-state index in [1.165, 1.54) is 43.4 Å². The number of thioether (sulfide) groups is 1. The Hall–Kier alpha value is -0.540. The van der Waals surface area contributed by atoms with Gasteiger partial charge in [0.2, 0.25) is 0 Å². The molecule has 2 atom stereocenters. The first-order valence-corrected chi connectivity index (χ1v) is 7.52. The molecule has 1 aromatic rings. The Morgan fingerprint density at radius 2 is 1.82 bits per heavy atom. The molecule has 1 saturated carbocycles. The summed E-state index contributed by atoms with van der Waals surface area (Å²) >= 11 is 2.02. The van der Waals surface area contributed by atoms with E-state index in [0.29, 0.717) is 11.3 Å². The highest BCUT2D eigenvalue weighted by molar-refractivity contribution is 8.00. The fraction of sp³-hybridized carbons (Fsp3) is 0.643. The average Bonchev–Trinajstić information content (AvgIpc) is 2.34. The molecule has 2 rings (SSSR count). The van der Waals surface area contributed by atoms with E-state index in [2.05, 4.69) is 29.5 Å². The molecule has 1 heterocycles. The van der Waals surface area contributed by atoms with Crippen molar-refractivity contribution in [3.05, 3.63) is 24.5 Å². The van der Waals surface area contributed by atoms with Crippen LogP contribution in [0.3, 0.4) is 0 Å². The van der Waals surface area contributed by atoms with Crippen LogP contribution in [0.25, 0.3) is 0 Å². The van der Waals surface area contributed by atoms with Crippen molar-refractivity contribution >= 4 is 11.8 Å². The second-order valence-electron chi connectivity index (χ2n) is 4.73. The maximum Gasteiger partial charge on any atom is 0.0278 e. The number of rotatable bonds is 3. The molecule has 17 heavy (non-hydrogen) atoms. The number of pyridine rings is 1.